The van der Waals surface area contributed by atoms with E-state index in [2.05, 4.69) is 15.3 Å². The molecule has 0 bridgehead atoms. The zero-order valence-corrected chi connectivity index (χ0v) is 9.10. The Morgan fingerprint density at radius 1 is 1.67 bits per heavy atom. The summed E-state index contributed by atoms with van der Waals surface area (Å²) < 4.78 is 4.95. The summed E-state index contributed by atoms with van der Waals surface area (Å²) >= 11 is 0. The van der Waals surface area contributed by atoms with Gasteiger partial charge in [0.1, 0.15) is 5.60 Å². The molecule has 0 saturated heterocycles. The van der Waals surface area contributed by atoms with Gasteiger partial charge in [-0.15, -0.1) is 0 Å². The molecule has 0 aromatic carbocycles. The van der Waals surface area contributed by atoms with Gasteiger partial charge < -0.3 is 15.2 Å². The molecule has 0 fully saturated rings. The molecule has 86 valence electrons. The van der Waals surface area contributed by atoms with Crippen LogP contribution in [0.5, 0.6) is 0 Å². The molecule has 0 aliphatic rings. The summed E-state index contributed by atoms with van der Waals surface area (Å²) in [5.41, 5.74) is 7.47. The quantitative estimate of drug-likeness (QED) is 0.418. The Bertz CT molecular complexity index is 255. The minimum atomic E-state index is -0.644. The third kappa shape index (κ3) is 7.60. The van der Waals surface area contributed by atoms with Crippen molar-refractivity contribution in [2.75, 3.05) is 13.2 Å². The highest BCUT2D eigenvalue weighted by atomic mass is 16.6. The molecular weight excluding hydrogens is 200 g/mol. The van der Waals surface area contributed by atoms with Crippen LogP contribution in [0.2, 0.25) is 0 Å². The van der Waals surface area contributed by atoms with E-state index in [4.69, 9.17) is 15.4 Å². The number of carbonyl (C=O) groups excluding carboxylic acids is 1. The number of hydrogen-bond donors (Lipinski definition) is 2. The Labute approximate surface area is 88.0 Å². The van der Waals surface area contributed by atoms with Gasteiger partial charge in [0.15, 0.2) is 0 Å². The maximum Gasteiger partial charge on any atom is 0.407 e. The zero-order valence-electron chi connectivity index (χ0n) is 9.10. The Morgan fingerprint density at radius 3 is 2.67 bits per heavy atom. The van der Waals surface area contributed by atoms with E-state index in [0.717, 1.165) is 0 Å². The summed E-state index contributed by atoms with van der Waals surface area (Å²) in [6, 6.07) is -0.615. The largest absolute Gasteiger partial charge is 0.444 e. The second-order valence-corrected chi connectivity index (χ2v) is 3.94. The van der Waals surface area contributed by atoms with Crippen molar-refractivity contribution in [3.05, 3.63) is 10.4 Å². The lowest BCUT2D eigenvalue weighted by Crippen LogP contribution is -2.42. The zero-order chi connectivity index (χ0) is 11.9. The summed E-state index contributed by atoms with van der Waals surface area (Å²) in [6.07, 6.45) is -0.644. The van der Waals surface area contributed by atoms with E-state index in [0.29, 0.717) is 0 Å². The lowest BCUT2D eigenvalue weighted by atomic mass is 10.2. The van der Waals surface area contributed by atoms with Crippen molar-refractivity contribution in [1.29, 1.82) is 0 Å². The topological polar surface area (TPSA) is 107 Å². The first-order valence-corrected chi connectivity index (χ1v) is 4.50. The van der Waals surface area contributed by atoms with Crippen LogP contribution in [0.1, 0.15) is 20.8 Å². The number of rotatable bonds is 4. The first kappa shape index (κ1) is 13.5. The molecule has 0 heterocycles. The van der Waals surface area contributed by atoms with Crippen molar-refractivity contribution < 1.29 is 14.6 Å². The normalized spacial score (nSPS) is 12.5. The van der Waals surface area contributed by atoms with E-state index in [1.807, 2.05) is 0 Å². The molecule has 1 amide bonds. The predicted octanol–water partition coefficient (Wildman–Crippen LogP) is 1.18. The average Bonchev–Trinajstić information content (AvgIpc) is 2.09. The van der Waals surface area contributed by atoms with Crippen molar-refractivity contribution in [3.63, 3.8) is 0 Å². The molecule has 2 N–H and O–H groups in total. The highest BCUT2D eigenvalue weighted by Gasteiger charge is 2.18. The monoisotopic (exact) mass is 216 g/mol. The second kappa shape index (κ2) is 6.10. The molecule has 0 aliphatic carbocycles. The van der Waals surface area contributed by atoms with Crippen molar-refractivity contribution >= 4 is 6.09 Å². The summed E-state index contributed by atoms with van der Waals surface area (Å²) in [5, 5.41) is 14.5. The number of alkyl carbamates (subject to hydrolysis) is 1. The van der Waals surface area contributed by atoms with Gasteiger partial charge in [-0.25, -0.2) is 4.79 Å². The second-order valence-electron chi connectivity index (χ2n) is 3.94. The van der Waals surface area contributed by atoms with Crippen LogP contribution in [-0.4, -0.2) is 36.0 Å². The number of nitrogens with zero attached hydrogens (tertiary/aromatic N) is 3. The van der Waals surface area contributed by atoms with Crippen LogP contribution in [-0.2, 0) is 4.74 Å². The molecule has 7 heteroatoms. The van der Waals surface area contributed by atoms with Crippen molar-refractivity contribution in [1.82, 2.24) is 5.32 Å². The molecule has 1 atom stereocenters. The van der Waals surface area contributed by atoms with Gasteiger partial charge in [0.25, 0.3) is 0 Å². The molecule has 7 nitrogen and oxygen atoms in total. The van der Waals surface area contributed by atoms with E-state index in [1.54, 1.807) is 20.8 Å². The van der Waals surface area contributed by atoms with Crippen LogP contribution in [0.4, 0.5) is 4.79 Å². The highest BCUT2D eigenvalue weighted by molar-refractivity contribution is 5.68. The van der Waals surface area contributed by atoms with Crippen LogP contribution in [0.25, 0.3) is 10.4 Å². The summed E-state index contributed by atoms with van der Waals surface area (Å²) in [6.45, 7) is 4.88. The van der Waals surface area contributed by atoms with Crippen molar-refractivity contribution in [2.45, 2.75) is 32.4 Å². The molecule has 0 radical (unpaired) electrons. The van der Waals surface area contributed by atoms with Crippen LogP contribution in [0, 0.1) is 0 Å². The maximum atomic E-state index is 11.2. The molecule has 1 unspecified atom stereocenters. The third-order valence-electron chi connectivity index (χ3n) is 1.31. The van der Waals surface area contributed by atoms with Crippen molar-refractivity contribution in [3.8, 4) is 0 Å². The number of aliphatic hydroxyl groups is 1. The molecule has 0 spiro atoms. The number of hydrogen-bond acceptors (Lipinski definition) is 4. The van der Waals surface area contributed by atoms with Gasteiger partial charge in [-0.3, -0.25) is 0 Å². The number of aliphatic hydroxyl groups excluding tert-OH is 1. The van der Waals surface area contributed by atoms with Gasteiger partial charge in [0.2, 0.25) is 0 Å². The SMILES string of the molecule is CC(C)(C)OC(=O)NC(CO)CN=[N+]=[N-]. The van der Waals surface area contributed by atoms with E-state index >= 15 is 0 Å². The lowest BCUT2D eigenvalue weighted by molar-refractivity contribution is 0.0486. The highest BCUT2D eigenvalue weighted by Crippen LogP contribution is 2.06. The molecular formula is C8H16N4O3. The molecule has 0 saturated carbocycles. The Hall–Kier alpha value is -1.46. The molecule has 0 aliphatic heterocycles. The van der Waals surface area contributed by atoms with E-state index in [9.17, 15) is 4.79 Å². The van der Waals surface area contributed by atoms with Crippen LogP contribution in [0.3, 0.4) is 0 Å². The molecule has 0 rings (SSSR count). The molecule has 0 aromatic heterocycles. The number of carbonyl (C=O) groups is 1. The minimum absolute atomic E-state index is 0.00770. The van der Waals surface area contributed by atoms with Gasteiger partial charge in [0.05, 0.1) is 12.6 Å². The van der Waals surface area contributed by atoms with Crippen LogP contribution in [0.15, 0.2) is 5.11 Å². The summed E-state index contributed by atoms with van der Waals surface area (Å²) in [4.78, 5) is 13.7. The van der Waals surface area contributed by atoms with E-state index in [-0.39, 0.29) is 13.2 Å². The minimum Gasteiger partial charge on any atom is -0.444 e. The van der Waals surface area contributed by atoms with Gasteiger partial charge in [-0.1, -0.05) is 5.11 Å². The Balaban J connectivity index is 4.07. The molecule has 0 aromatic rings. The maximum absolute atomic E-state index is 11.2. The summed E-state index contributed by atoms with van der Waals surface area (Å²) in [7, 11) is 0. The standard InChI is InChI=1S/C8H16N4O3/c1-8(2,3)15-7(14)11-6(5-13)4-10-12-9/h6,13H,4-5H2,1-3H3,(H,11,14). The van der Waals surface area contributed by atoms with E-state index < -0.39 is 17.7 Å². The van der Waals surface area contributed by atoms with Gasteiger partial charge in [-0.2, -0.15) is 0 Å². The fourth-order valence-corrected chi connectivity index (χ4v) is 0.758. The van der Waals surface area contributed by atoms with Crippen molar-refractivity contribution in [2.24, 2.45) is 5.11 Å². The number of azide groups is 1. The van der Waals surface area contributed by atoms with Gasteiger partial charge >= 0.3 is 6.09 Å². The Kier molecular flexibility index (Phi) is 5.51. The van der Waals surface area contributed by atoms with Crippen LogP contribution >= 0.6 is 0 Å². The first-order chi connectivity index (χ1) is 6.89. The molecule has 15 heavy (non-hydrogen) atoms. The van der Waals surface area contributed by atoms with Gasteiger partial charge in [-0.05, 0) is 26.3 Å². The lowest BCUT2D eigenvalue weighted by Gasteiger charge is -2.21. The average molecular weight is 216 g/mol. The number of amides is 1. The number of nitrogens with one attached hydrogen (secondary N) is 1. The van der Waals surface area contributed by atoms with E-state index in [1.165, 1.54) is 0 Å². The Morgan fingerprint density at radius 2 is 2.27 bits per heavy atom. The predicted molar refractivity (Wildman–Crippen MR) is 54.3 cm³/mol. The van der Waals surface area contributed by atoms with Gasteiger partial charge in [0, 0.05) is 11.5 Å². The fourth-order valence-electron chi connectivity index (χ4n) is 0.758. The third-order valence-corrected chi connectivity index (χ3v) is 1.31. The first-order valence-electron chi connectivity index (χ1n) is 4.50. The smallest absolute Gasteiger partial charge is 0.407 e. The summed E-state index contributed by atoms with van der Waals surface area (Å²) in [5.74, 6) is 0. The number of ether oxygens (including phenoxy) is 1. The van der Waals surface area contributed by atoms with Crippen LogP contribution < -0.4 is 5.32 Å². The fraction of sp³-hybridized carbons (Fsp3) is 0.875.